The summed E-state index contributed by atoms with van der Waals surface area (Å²) < 4.78 is 5.74. The summed E-state index contributed by atoms with van der Waals surface area (Å²) in [5.41, 5.74) is 0. The molecule has 2 heteroatoms. The van der Waals surface area contributed by atoms with E-state index in [0.29, 0.717) is 6.10 Å². The van der Waals surface area contributed by atoms with Crippen LogP contribution >= 0.6 is 0 Å². The largest absolute Gasteiger partial charge is 0.377 e. The third-order valence-corrected chi connectivity index (χ3v) is 2.52. The van der Waals surface area contributed by atoms with E-state index in [1.165, 1.54) is 32.2 Å². The van der Waals surface area contributed by atoms with E-state index in [0.717, 1.165) is 19.1 Å². The molecule has 64 valence electrons. The molecule has 1 N–H and O–H groups in total. The van der Waals surface area contributed by atoms with Crippen molar-refractivity contribution in [1.82, 2.24) is 5.32 Å². The average molecular weight is 155 g/mol. The Balaban J connectivity index is 1.59. The average Bonchev–Trinajstić information content (AvgIpc) is 2.86. The predicted octanol–water partition coefficient (Wildman–Crippen LogP) is 1.16. The summed E-state index contributed by atoms with van der Waals surface area (Å²) in [5.74, 6) is 0.914. The molecule has 1 aliphatic carbocycles. The molecule has 1 saturated carbocycles. The number of piperidine rings is 1. The summed E-state index contributed by atoms with van der Waals surface area (Å²) in [6, 6.07) is 0. The van der Waals surface area contributed by atoms with Gasteiger partial charge in [-0.1, -0.05) is 0 Å². The predicted molar refractivity (Wildman–Crippen MR) is 44.6 cm³/mol. The minimum atomic E-state index is 0.518. The fourth-order valence-electron chi connectivity index (χ4n) is 1.52. The Morgan fingerprint density at radius 1 is 1.27 bits per heavy atom. The van der Waals surface area contributed by atoms with Gasteiger partial charge in [0.1, 0.15) is 0 Å². The summed E-state index contributed by atoms with van der Waals surface area (Å²) in [6.07, 6.45) is 5.87. The molecule has 2 rings (SSSR count). The van der Waals surface area contributed by atoms with Crippen molar-refractivity contribution in [2.75, 3.05) is 19.7 Å². The van der Waals surface area contributed by atoms with Crippen molar-refractivity contribution >= 4 is 0 Å². The van der Waals surface area contributed by atoms with Crippen LogP contribution in [0.3, 0.4) is 0 Å². The van der Waals surface area contributed by atoms with Crippen LogP contribution in [0.25, 0.3) is 0 Å². The lowest BCUT2D eigenvalue weighted by Crippen LogP contribution is -2.35. The Bertz CT molecular complexity index is 117. The molecule has 0 unspecified atom stereocenters. The SMILES string of the molecule is C1CNC[C@@H](OCC2CC2)C1. The van der Waals surface area contributed by atoms with Gasteiger partial charge in [-0.15, -0.1) is 0 Å². The molecule has 2 fully saturated rings. The van der Waals surface area contributed by atoms with Crippen LogP contribution < -0.4 is 5.32 Å². The van der Waals surface area contributed by atoms with Crippen molar-refractivity contribution in [2.24, 2.45) is 5.92 Å². The molecule has 0 bridgehead atoms. The van der Waals surface area contributed by atoms with Gasteiger partial charge in [0.05, 0.1) is 6.10 Å². The van der Waals surface area contributed by atoms with Crippen LogP contribution in [0.4, 0.5) is 0 Å². The first-order valence-electron chi connectivity index (χ1n) is 4.77. The fourth-order valence-corrected chi connectivity index (χ4v) is 1.52. The van der Waals surface area contributed by atoms with E-state index < -0.39 is 0 Å². The van der Waals surface area contributed by atoms with Crippen molar-refractivity contribution in [3.05, 3.63) is 0 Å². The van der Waals surface area contributed by atoms with Crippen LogP contribution in [-0.4, -0.2) is 25.8 Å². The highest BCUT2D eigenvalue weighted by molar-refractivity contribution is 4.75. The maximum Gasteiger partial charge on any atom is 0.0700 e. The van der Waals surface area contributed by atoms with Gasteiger partial charge in [-0.2, -0.15) is 0 Å². The summed E-state index contributed by atoms with van der Waals surface area (Å²) in [6.45, 7) is 3.28. The van der Waals surface area contributed by atoms with Crippen molar-refractivity contribution < 1.29 is 4.74 Å². The van der Waals surface area contributed by atoms with Crippen LogP contribution in [0.2, 0.25) is 0 Å². The second-order valence-electron chi connectivity index (χ2n) is 3.75. The summed E-state index contributed by atoms with van der Waals surface area (Å²) in [4.78, 5) is 0. The summed E-state index contributed by atoms with van der Waals surface area (Å²) in [7, 11) is 0. The zero-order valence-electron chi connectivity index (χ0n) is 7.01. The molecule has 1 aliphatic heterocycles. The Kier molecular flexibility index (Phi) is 2.44. The highest BCUT2D eigenvalue weighted by Crippen LogP contribution is 2.29. The molecular weight excluding hydrogens is 138 g/mol. The first-order chi connectivity index (χ1) is 5.45. The van der Waals surface area contributed by atoms with Crippen LogP contribution in [0, 0.1) is 5.92 Å². The van der Waals surface area contributed by atoms with Gasteiger partial charge in [0.25, 0.3) is 0 Å². The minimum Gasteiger partial charge on any atom is -0.377 e. The number of hydrogen-bond acceptors (Lipinski definition) is 2. The normalized spacial score (nSPS) is 32.2. The van der Waals surface area contributed by atoms with Gasteiger partial charge in [-0.3, -0.25) is 0 Å². The van der Waals surface area contributed by atoms with E-state index in [1.54, 1.807) is 0 Å². The second-order valence-corrected chi connectivity index (χ2v) is 3.75. The smallest absolute Gasteiger partial charge is 0.0700 e. The summed E-state index contributed by atoms with van der Waals surface area (Å²) in [5, 5.41) is 3.35. The van der Waals surface area contributed by atoms with E-state index >= 15 is 0 Å². The molecule has 0 spiro atoms. The Hall–Kier alpha value is -0.0800. The number of ether oxygens (including phenoxy) is 1. The topological polar surface area (TPSA) is 21.3 Å². The minimum absolute atomic E-state index is 0.518. The molecule has 1 saturated heterocycles. The molecule has 11 heavy (non-hydrogen) atoms. The molecule has 0 aromatic carbocycles. The molecule has 1 atom stereocenters. The second kappa shape index (κ2) is 3.55. The molecule has 1 heterocycles. The first kappa shape index (κ1) is 7.56. The monoisotopic (exact) mass is 155 g/mol. The van der Waals surface area contributed by atoms with Gasteiger partial charge < -0.3 is 10.1 Å². The van der Waals surface area contributed by atoms with Crippen LogP contribution in [0.1, 0.15) is 25.7 Å². The van der Waals surface area contributed by atoms with Gasteiger partial charge in [0.2, 0.25) is 0 Å². The highest BCUT2D eigenvalue weighted by Gasteiger charge is 2.23. The van der Waals surface area contributed by atoms with E-state index in [4.69, 9.17) is 4.74 Å². The van der Waals surface area contributed by atoms with Gasteiger partial charge in [-0.05, 0) is 38.1 Å². The lowest BCUT2D eigenvalue weighted by molar-refractivity contribution is 0.0306. The maximum absolute atomic E-state index is 5.74. The number of hydrogen-bond donors (Lipinski definition) is 1. The quantitative estimate of drug-likeness (QED) is 0.660. The van der Waals surface area contributed by atoms with Gasteiger partial charge in [0.15, 0.2) is 0 Å². The van der Waals surface area contributed by atoms with Crippen molar-refractivity contribution in [3.63, 3.8) is 0 Å². The van der Waals surface area contributed by atoms with E-state index in [9.17, 15) is 0 Å². The number of nitrogens with one attached hydrogen (secondary N) is 1. The Morgan fingerprint density at radius 3 is 2.82 bits per heavy atom. The van der Waals surface area contributed by atoms with E-state index in [2.05, 4.69) is 5.32 Å². The summed E-state index contributed by atoms with van der Waals surface area (Å²) >= 11 is 0. The van der Waals surface area contributed by atoms with Crippen LogP contribution in [-0.2, 0) is 4.74 Å². The number of rotatable bonds is 3. The van der Waals surface area contributed by atoms with Crippen molar-refractivity contribution in [3.8, 4) is 0 Å². The highest BCUT2D eigenvalue weighted by atomic mass is 16.5. The first-order valence-corrected chi connectivity index (χ1v) is 4.77. The van der Waals surface area contributed by atoms with Crippen LogP contribution in [0.5, 0.6) is 0 Å². The van der Waals surface area contributed by atoms with Gasteiger partial charge >= 0.3 is 0 Å². The molecule has 0 radical (unpaired) electrons. The standard InChI is InChI=1S/C9H17NO/c1-2-9(6-10-5-1)11-7-8-3-4-8/h8-10H,1-7H2/t9-/m0/s1. The maximum atomic E-state index is 5.74. The van der Waals surface area contributed by atoms with Crippen LogP contribution in [0.15, 0.2) is 0 Å². The molecule has 2 aliphatic rings. The molecule has 2 nitrogen and oxygen atoms in total. The lowest BCUT2D eigenvalue weighted by Gasteiger charge is -2.22. The zero-order chi connectivity index (χ0) is 7.52. The lowest BCUT2D eigenvalue weighted by atomic mass is 10.1. The van der Waals surface area contributed by atoms with E-state index in [1.807, 2.05) is 0 Å². The van der Waals surface area contributed by atoms with Crippen molar-refractivity contribution in [2.45, 2.75) is 31.8 Å². The third kappa shape index (κ3) is 2.46. The Labute approximate surface area is 68.3 Å². The fraction of sp³-hybridized carbons (Fsp3) is 1.00. The third-order valence-electron chi connectivity index (χ3n) is 2.52. The molecular formula is C9H17NO. The van der Waals surface area contributed by atoms with E-state index in [-0.39, 0.29) is 0 Å². The zero-order valence-corrected chi connectivity index (χ0v) is 7.01. The molecule has 0 aromatic rings. The van der Waals surface area contributed by atoms with Gasteiger partial charge in [-0.25, -0.2) is 0 Å². The molecule has 0 amide bonds. The van der Waals surface area contributed by atoms with Gasteiger partial charge in [0, 0.05) is 13.2 Å². The van der Waals surface area contributed by atoms with Crippen molar-refractivity contribution in [1.29, 1.82) is 0 Å². The Morgan fingerprint density at radius 2 is 2.18 bits per heavy atom. The molecule has 0 aromatic heterocycles.